The molecule has 12 heteroatoms. The number of nitrogens with one attached hydrogen (secondary N) is 1. The Labute approximate surface area is 200 Å². The predicted molar refractivity (Wildman–Crippen MR) is 127 cm³/mol. The highest BCUT2D eigenvalue weighted by molar-refractivity contribution is 14.0. The number of aryl methyl sites for hydroxylation is 1. The molecule has 0 atom stereocenters. The molecule has 3 rings (SSSR count). The number of benzene rings is 1. The Hall–Kier alpha value is -1.83. The number of aliphatic imine (C=N–C) groups is 1. The monoisotopic (exact) mass is 570 g/mol. The van der Waals surface area contributed by atoms with Crippen molar-refractivity contribution in [3.05, 3.63) is 35.2 Å². The Bertz CT molecular complexity index is 884. The molecule has 0 aliphatic carbocycles. The van der Waals surface area contributed by atoms with Gasteiger partial charge >= 0.3 is 6.18 Å². The van der Waals surface area contributed by atoms with Gasteiger partial charge in [0.2, 0.25) is 5.13 Å². The maximum Gasteiger partial charge on any atom is 0.416 e. The molecule has 0 unspecified atom stereocenters. The Kier molecular flexibility index (Phi) is 9.15. The molecule has 1 aliphatic rings. The zero-order chi connectivity index (χ0) is 21.7. The number of hydrogen-bond acceptors (Lipinski definition) is 6. The molecule has 1 fully saturated rings. The molecular weight excluding hydrogens is 544 g/mol. The maximum absolute atomic E-state index is 13.4. The van der Waals surface area contributed by atoms with Gasteiger partial charge in [-0.25, -0.2) is 4.98 Å². The third-order valence-electron chi connectivity index (χ3n) is 4.89. The molecule has 1 aromatic carbocycles. The second-order valence-electron chi connectivity index (χ2n) is 6.74. The van der Waals surface area contributed by atoms with Gasteiger partial charge in [0, 0.05) is 57.7 Å². The fourth-order valence-electron chi connectivity index (χ4n) is 3.23. The average molecular weight is 570 g/mol. The van der Waals surface area contributed by atoms with Crippen LogP contribution in [0.1, 0.15) is 23.9 Å². The van der Waals surface area contributed by atoms with E-state index in [0.717, 1.165) is 36.5 Å². The maximum atomic E-state index is 13.4. The van der Waals surface area contributed by atoms with Gasteiger partial charge in [-0.1, -0.05) is 13.0 Å². The first-order valence-corrected chi connectivity index (χ1v) is 10.4. The highest BCUT2D eigenvalue weighted by atomic mass is 127. The number of hydrogen-bond donors (Lipinski definition) is 1. The summed E-state index contributed by atoms with van der Waals surface area (Å²) >= 11 is 1.39. The van der Waals surface area contributed by atoms with Gasteiger partial charge in [0.25, 0.3) is 0 Å². The van der Waals surface area contributed by atoms with Gasteiger partial charge in [-0.15, -0.1) is 24.0 Å². The zero-order valence-corrected chi connectivity index (χ0v) is 20.7. The first-order chi connectivity index (χ1) is 14.4. The van der Waals surface area contributed by atoms with Crippen molar-refractivity contribution in [2.75, 3.05) is 45.2 Å². The second kappa shape index (κ2) is 11.2. The number of guanidine groups is 1. The first-order valence-electron chi connectivity index (χ1n) is 9.63. The minimum Gasteiger partial charge on any atom is -0.497 e. The van der Waals surface area contributed by atoms with Crippen molar-refractivity contribution in [3.8, 4) is 5.75 Å². The van der Waals surface area contributed by atoms with Crippen molar-refractivity contribution in [3.63, 3.8) is 0 Å². The van der Waals surface area contributed by atoms with E-state index in [-0.39, 0.29) is 41.8 Å². The molecule has 0 radical (unpaired) electrons. The molecule has 31 heavy (non-hydrogen) atoms. The average Bonchev–Trinajstić information content (AvgIpc) is 3.23. The lowest BCUT2D eigenvalue weighted by Crippen LogP contribution is -2.52. The van der Waals surface area contributed by atoms with Crippen LogP contribution in [0.3, 0.4) is 0 Å². The van der Waals surface area contributed by atoms with E-state index < -0.39 is 11.7 Å². The lowest BCUT2D eigenvalue weighted by atomic mass is 10.1. The number of rotatable bonds is 5. The fraction of sp³-hybridized carbons (Fsp3) is 0.526. The summed E-state index contributed by atoms with van der Waals surface area (Å²) in [5.41, 5.74) is -0.568. The van der Waals surface area contributed by atoms with E-state index in [2.05, 4.69) is 24.6 Å². The summed E-state index contributed by atoms with van der Waals surface area (Å²) in [7, 11) is 2.98. The molecule has 2 heterocycles. The Morgan fingerprint density at radius 1 is 1.26 bits per heavy atom. The third kappa shape index (κ3) is 6.34. The lowest BCUT2D eigenvalue weighted by molar-refractivity contribution is -0.138. The van der Waals surface area contributed by atoms with E-state index in [9.17, 15) is 13.2 Å². The molecule has 0 amide bonds. The smallest absolute Gasteiger partial charge is 0.416 e. The van der Waals surface area contributed by atoms with Crippen molar-refractivity contribution < 1.29 is 17.9 Å². The fourth-order valence-corrected chi connectivity index (χ4v) is 4.03. The summed E-state index contributed by atoms with van der Waals surface area (Å²) in [4.78, 5) is 13.0. The van der Waals surface area contributed by atoms with E-state index in [0.29, 0.717) is 19.0 Å². The van der Waals surface area contributed by atoms with Gasteiger partial charge in [0.05, 0.1) is 12.7 Å². The number of piperazine rings is 1. The molecule has 1 saturated heterocycles. The minimum atomic E-state index is -4.46. The van der Waals surface area contributed by atoms with Crippen molar-refractivity contribution in [1.82, 2.24) is 19.6 Å². The van der Waals surface area contributed by atoms with Crippen LogP contribution >= 0.6 is 35.5 Å². The largest absolute Gasteiger partial charge is 0.497 e. The Balaban J connectivity index is 0.00000341. The highest BCUT2D eigenvalue weighted by Gasteiger charge is 2.34. The molecule has 2 aromatic rings. The van der Waals surface area contributed by atoms with Gasteiger partial charge in [-0.3, -0.25) is 4.99 Å². The molecule has 1 aromatic heterocycles. The van der Waals surface area contributed by atoms with Crippen molar-refractivity contribution in [2.24, 2.45) is 4.99 Å². The molecule has 1 N–H and O–H groups in total. The lowest BCUT2D eigenvalue weighted by Gasteiger charge is -2.36. The Morgan fingerprint density at radius 3 is 2.52 bits per heavy atom. The van der Waals surface area contributed by atoms with Crippen LogP contribution in [0.2, 0.25) is 0 Å². The van der Waals surface area contributed by atoms with Crippen LogP contribution in [0, 0.1) is 0 Å². The predicted octanol–water partition coefficient (Wildman–Crippen LogP) is 3.64. The number of ether oxygens (including phenoxy) is 1. The molecule has 0 spiro atoms. The minimum absolute atomic E-state index is 0. The van der Waals surface area contributed by atoms with Gasteiger partial charge in [-0.05, 0) is 17.7 Å². The SMILES string of the molecule is CCc1nsc(N2CCN(C(=NC)NCc3ccc(OC)cc3C(F)(F)F)CC2)n1.I. The first kappa shape index (κ1) is 25.4. The van der Waals surface area contributed by atoms with Crippen LogP contribution < -0.4 is 15.0 Å². The van der Waals surface area contributed by atoms with Crippen LogP contribution in [-0.4, -0.2) is 60.6 Å². The van der Waals surface area contributed by atoms with Crippen molar-refractivity contribution in [1.29, 1.82) is 0 Å². The van der Waals surface area contributed by atoms with Crippen LogP contribution in [0.4, 0.5) is 18.3 Å². The van der Waals surface area contributed by atoms with E-state index in [1.54, 1.807) is 7.05 Å². The second-order valence-corrected chi connectivity index (χ2v) is 7.47. The van der Waals surface area contributed by atoms with Gasteiger partial charge in [0.15, 0.2) is 5.96 Å². The molecular formula is C19H26F3IN6OS. The molecule has 0 saturated carbocycles. The van der Waals surface area contributed by atoms with Crippen LogP contribution in [0.25, 0.3) is 0 Å². The van der Waals surface area contributed by atoms with Crippen molar-refractivity contribution in [2.45, 2.75) is 26.1 Å². The highest BCUT2D eigenvalue weighted by Crippen LogP contribution is 2.34. The summed E-state index contributed by atoms with van der Waals surface area (Å²) in [6, 6.07) is 3.98. The number of anilines is 1. The van der Waals surface area contributed by atoms with Crippen molar-refractivity contribution >= 4 is 46.6 Å². The molecule has 7 nitrogen and oxygen atoms in total. The number of alkyl halides is 3. The quantitative estimate of drug-likeness (QED) is 0.337. The number of nitrogens with zero attached hydrogens (tertiary/aromatic N) is 5. The van der Waals surface area contributed by atoms with Gasteiger partial charge in [0.1, 0.15) is 11.6 Å². The summed E-state index contributed by atoms with van der Waals surface area (Å²) in [6.07, 6.45) is -3.65. The normalized spacial score (nSPS) is 15.0. The number of aromatic nitrogens is 2. The third-order valence-corrected chi connectivity index (χ3v) is 5.71. The van der Waals surface area contributed by atoms with E-state index >= 15 is 0 Å². The molecule has 1 aliphatic heterocycles. The van der Waals surface area contributed by atoms with E-state index in [1.165, 1.54) is 30.8 Å². The molecule has 0 bridgehead atoms. The van der Waals surface area contributed by atoms with Gasteiger partial charge in [-0.2, -0.15) is 17.5 Å². The van der Waals surface area contributed by atoms with Crippen LogP contribution in [0.5, 0.6) is 5.75 Å². The van der Waals surface area contributed by atoms with E-state index in [1.807, 2.05) is 11.8 Å². The summed E-state index contributed by atoms with van der Waals surface area (Å²) in [6.45, 7) is 4.91. The van der Waals surface area contributed by atoms with Crippen LogP contribution in [-0.2, 0) is 19.1 Å². The van der Waals surface area contributed by atoms with E-state index in [4.69, 9.17) is 4.74 Å². The number of halogens is 4. The summed E-state index contributed by atoms with van der Waals surface area (Å²) in [5.74, 6) is 1.59. The topological polar surface area (TPSA) is 65.9 Å². The van der Waals surface area contributed by atoms with Crippen LogP contribution in [0.15, 0.2) is 23.2 Å². The summed E-state index contributed by atoms with van der Waals surface area (Å²) < 4.78 is 49.5. The zero-order valence-electron chi connectivity index (χ0n) is 17.6. The van der Waals surface area contributed by atoms with Gasteiger partial charge < -0.3 is 19.9 Å². The molecule has 172 valence electrons. The summed E-state index contributed by atoms with van der Waals surface area (Å²) in [5, 5.41) is 3.97. The number of methoxy groups -OCH3 is 1. The standard InChI is InChI=1S/C19H25F3N6OS.HI/c1-4-16-25-18(30-26-16)28-9-7-27(8-10-28)17(23-2)24-12-13-5-6-14(29-3)11-15(13)19(20,21)22;/h5-6,11H,4,7-10,12H2,1-3H3,(H,23,24);1H. The Morgan fingerprint density at radius 2 is 1.97 bits per heavy atom.